The van der Waals surface area contributed by atoms with Gasteiger partial charge >= 0.3 is 0 Å². The molecule has 1 fully saturated rings. The lowest BCUT2D eigenvalue weighted by Crippen LogP contribution is -2.28. The number of nitrogens with one attached hydrogen (secondary N) is 1. The van der Waals surface area contributed by atoms with E-state index in [9.17, 15) is 14.0 Å². The van der Waals surface area contributed by atoms with E-state index < -0.39 is 5.92 Å². The molecule has 1 unspecified atom stereocenters. The van der Waals surface area contributed by atoms with Crippen molar-refractivity contribution in [3.8, 4) is 0 Å². The number of benzene rings is 2. The van der Waals surface area contributed by atoms with E-state index in [2.05, 4.69) is 5.32 Å². The summed E-state index contributed by atoms with van der Waals surface area (Å²) in [6.07, 6.45) is 0.119. The van der Waals surface area contributed by atoms with Gasteiger partial charge in [0.2, 0.25) is 11.8 Å². The van der Waals surface area contributed by atoms with Crippen molar-refractivity contribution in [1.29, 1.82) is 0 Å². The quantitative estimate of drug-likeness (QED) is 0.935. The molecule has 1 atom stereocenters. The second-order valence-electron chi connectivity index (χ2n) is 5.35. The van der Waals surface area contributed by atoms with E-state index >= 15 is 0 Å². The van der Waals surface area contributed by atoms with E-state index in [0.717, 1.165) is 0 Å². The van der Waals surface area contributed by atoms with Gasteiger partial charge in [-0.1, -0.05) is 23.7 Å². The molecule has 0 radical (unpaired) electrons. The minimum Gasteiger partial charge on any atom is -0.324 e. The first kappa shape index (κ1) is 15.5. The third-order valence-electron chi connectivity index (χ3n) is 3.77. The van der Waals surface area contributed by atoms with Gasteiger partial charge in [0.05, 0.1) is 16.6 Å². The minimum atomic E-state index is -0.469. The summed E-state index contributed by atoms with van der Waals surface area (Å²) in [5.74, 6) is -1.25. The Kier molecular flexibility index (Phi) is 4.30. The van der Waals surface area contributed by atoms with Gasteiger partial charge in [-0.25, -0.2) is 4.39 Å². The second-order valence-corrected chi connectivity index (χ2v) is 5.76. The van der Waals surface area contributed by atoms with Crippen LogP contribution in [0.25, 0.3) is 0 Å². The molecular weight excluding hydrogens is 319 g/mol. The summed E-state index contributed by atoms with van der Waals surface area (Å²) in [5.41, 5.74) is 1.11. The fourth-order valence-electron chi connectivity index (χ4n) is 2.55. The molecule has 2 aromatic rings. The largest absolute Gasteiger partial charge is 0.324 e. The third-order valence-corrected chi connectivity index (χ3v) is 4.10. The number of para-hydroxylation sites is 1. The molecule has 2 amide bonds. The van der Waals surface area contributed by atoms with Crippen LogP contribution < -0.4 is 10.2 Å². The molecule has 23 heavy (non-hydrogen) atoms. The molecule has 1 N–H and O–H groups in total. The zero-order chi connectivity index (χ0) is 16.4. The number of anilines is 2. The fraction of sp³-hybridized carbons (Fsp3) is 0.176. The highest BCUT2D eigenvalue weighted by Crippen LogP contribution is 2.27. The van der Waals surface area contributed by atoms with Gasteiger partial charge in [0.15, 0.2) is 0 Å². The SMILES string of the molecule is O=C(Nc1ccccc1Cl)C1CC(=O)N(c2ccc(F)cc2)C1. The van der Waals surface area contributed by atoms with Crippen LogP contribution in [0.2, 0.25) is 5.02 Å². The van der Waals surface area contributed by atoms with Crippen molar-refractivity contribution in [2.24, 2.45) is 5.92 Å². The second kappa shape index (κ2) is 6.38. The number of nitrogens with zero attached hydrogens (tertiary/aromatic N) is 1. The van der Waals surface area contributed by atoms with Crippen LogP contribution in [0.4, 0.5) is 15.8 Å². The molecular formula is C17H14ClFN2O2. The Balaban J connectivity index is 1.71. The standard InChI is InChI=1S/C17H14ClFN2O2/c18-14-3-1-2-4-15(14)20-17(23)11-9-16(22)21(10-11)13-7-5-12(19)6-8-13/h1-8,11H,9-10H2,(H,20,23). The zero-order valence-corrected chi connectivity index (χ0v) is 12.9. The van der Waals surface area contributed by atoms with Crippen molar-refractivity contribution in [2.45, 2.75) is 6.42 Å². The number of hydrogen-bond donors (Lipinski definition) is 1. The lowest BCUT2D eigenvalue weighted by Gasteiger charge is -2.16. The van der Waals surface area contributed by atoms with Crippen LogP contribution in [0.3, 0.4) is 0 Å². The number of halogens is 2. The summed E-state index contributed by atoms with van der Waals surface area (Å²) >= 11 is 6.02. The molecule has 0 spiro atoms. The highest BCUT2D eigenvalue weighted by molar-refractivity contribution is 6.33. The maximum atomic E-state index is 13.0. The predicted octanol–water partition coefficient (Wildman–Crippen LogP) is 3.47. The molecule has 0 saturated carbocycles. The Hall–Kier alpha value is -2.40. The van der Waals surface area contributed by atoms with Crippen LogP contribution >= 0.6 is 11.6 Å². The molecule has 2 aromatic carbocycles. The van der Waals surface area contributed by atoms with Crippen molar-refractivity contribution in [2.75, 3.05) is 16.8 Å². The molecule has 1 heterocycles. The lowest BCUT2D eigenvalue weighted by molar-refractivity contribution is -0.122. The van der Waals surface area contributed by atoms with Gasteiger partial charge < -0.3 is 10.2 Å². The lowest BCUT2D eigenvalue weighted by atomic mass is 10.1. The molecule has 1 aliphatic rings. The van der Waals surface area contributed by atoms with Crippen LogP contribution in [-0.2, 0) is 9.59 Å². The van der Waals surface area contributed by atoms with E-state index in [1.165, 1.54) is 29.2 Å². The Morgan fingerprint density at radius 1 is 1.17 bits per heavy atom. The van der Waals surface area contributed by atoms with Crippen LogP contribution in [-0.4, -0.2) is 18.4 Å². The first-order valence-electron chi connectivity index (χ1n) is 7.16. The zero-order valence-electron chi connectivity index (χ0n) is 12.1. The van der Waals surface area contributed by atoms with E-state index in [4.69, 9.17) is 11.6 Å². The van der Waals surface area contributed by atoms with Gasteiger partial charge in [0.25, 0.3) is 0 Å². The fourth-order valence-corrected chi connectivity index (χ4v) is 2.73. The van der Waals surface area contributed by atoms with Crippen LogP contribution in [0.15, 0.2) is 48.5 Å². The molecule has 118 valence electrons. The molecule has 0 aliphatic carbocycles. The summed E-state index contributed by atoms with van der Waals surface area (Å²) in [5, 5.41) is 3.19. The van der Waals surface area contributed by atoms with Gasteiger partial charge in [0, 0.05) is 18.7 Å². The average molecular weight is 333 g/mol. The van der Waals surface area contributed by atoms with Gasteiger partial charge in [-0.3, -0.25) is 9.59 Å². The average Bonchev–Trinajstić information content (AvgIpc) is 2.92. The van der Waals surface area contributed by atoms with Crippen molar-refractivity contribution >= 4 is 34.8 Å². The highest BCUT2D eigenvalue weighted by atomic mass is 35.5. The van der Waals surface area contributed by atoms with E-state index in [1.807, 2.05) is 0 Å². The van der Waals surface area contributed by atoms with Gasteiger partial charge in [0.1, 0.15) is 5.82 Å². The van der Waals surface area contributed by atoms with Crippen LogP contribution in [0, 0.1) is 11.7 Å². The van der Waals surface area contributed by atoms with E-state index in [1.54, 1.807) is 24.3 Å². The minimum absolute atomic E-state index is 0.119. The van der Waals surface area contributed by atoms with Crippen molar-refractivity contribution in [1.82, 2.24) is 0 Å². The number of hydrogen-bond acceptors (Lipinski definition) is 2. The molecule has 3 rings (SSSR count). The Bertz CT molecular complexity index is 749. The van der Waals surface area contributed by atoms with Gasteiger partial charge in [-0.2, -0.15) is 0 Å². The van der Waals surface area contributed by atoms with Crippen LogP contribution in [0.1, 0.15) is 6.42 Å². The Labute approximate surface area is 137 Å². The Morgan fingerprint density at radius 2 is 1.87 bits per heavy atom. The smallest absolute Gasteiger partial charge is 0.229 e. The summed E-state index contributed by atoms with van der Waals surface area (Å²) < 4.78 is 13.0. The summed E-state index contributed by atoms with van der Waals surface area (Å²) in [6.45, 7) is 0.265. The summed E-state index contributed by atoms with van der Waals surface area (Å²) in [7, 11) is 0. The summed E-state index contributed by atoms with van der Waals surface area (Å²) in [6, 6.07) is 12.6. The summed E-state index contributed by atoms with van der Waals surface area (Å²) in [4.78, 5) is 26.0. The first-order chi connectivity index (χ1) is 11.0. The third kappa shape index (κ3) is 3.35. The number of rotatable bonds is 3. The maximum absolute atomic E-state index is 13.0. The Morgan fingerprint density at radius 3 is 2.57 bits per heavy atom. The number of carbonyl (C=O) groups excluding carboxylic acids is 2. The molecule has 4 nitrogen and oxygen atoms in total. The first-order valence-corrected chi connectivity index (χ1v) is 7.54. The van der Waals surface area contributed by atoms with Crippen molar-refractivity contribution in [3.05, 3.63) is 59.4 Å². The normalized spacial score (nSPS) is 17.4. The van der Waals surface area contributed by atoms with Crippen molar-refractivity contribution < 1.29 is 14.0 Å². The van der Waals surface area contributed by atoms with Crippen LogP contribution in [0.5, 0.6) is 0 Å². The molecule has 0 aromatic heterocycles. The number of amides is 2. The monoisotopic (exact) mass is 332 g/mol. The number of carbonyl (C=O) groups is 2. The van der Waals surface area contributed by atoms with E-state index in [0.29, 0.717) is 16.4 Å². The topological polar surface area (TPSA) is 49.4 Å². The van der Waals surface area contributed by atoms with Gasteiger partial charge in [-0.05, 0) is 36.4 Å². The van der Waals surface area contributed by atoms with E-state index in [-0.39, 0.29) is 30.6 Å². The van der Waals surface area contributed by atoms with Gasteiger partial charge in [-0.15, -0.1) is 0 Å². The molecule has 1 aliphatic heterocycles. The van der Waals surface area contributed by atoms with Crippen molar-refractivity contribution in [3.63, 3.8) is 0 Å². The maximum Gasteiger partial charge on any atom is 0.229 e. The predicted molar refractivity (Wildman–Crippen MR) is 86.9 cm³/mol. The molecule has 0 bridgehead atoms. The highest BCUT2D eigenvalue weighted by Gasteiger charge is 2.35. The molecule has 1 saturated heterocycles. The molecule has 6 heteroatoms.